The SMILES string of the molecule is Cc1ccc(OCCCCCOc2ccc(-c3nc(NC(C)c4ccncc4)sc3CN3CCOCC3)cc2)cc1O. The van der Waals surface area contributed by atoms with Crippen molar-refractivity contribution in [3.8, 4) is 28.5 Å². The number of aromatic nitrogens is 2. The van der Waals surface area contributed by atoms with Crippen LogP contribution in [0.2, 0.25) is 0 Å². The van der Waals surface area contributed by atoms with Gasteiger partial charge < -0.3 is 24.6 Å². The first-order chi connectivity index (χ1) is 20.5. The van der Waals surface area contributed by atoms with Crippen LogP contribution in [0.15, 0.2) is 67.0 Å². The monoisotopic (exact) mass is 588 g/mol. The molecule has 2 N–H and O–H groups in total. The van der Waals surface area contributed by atoms with Gasteiger partial charge in [-0.15, -0.1) is 11.3 Å². The van der Waals surface area contributed by atoms with E-state index in [1.165, 1.54) is 10.4 Å². The number of benzene rings is 2. The maximum absolute atomic E-state index is 9.80. The third-order valence-electron chi connectivity index (χ3n) is 7.35. The van der Waals surface area contributed by atoms with Crippen molar-refractivity contribution < 1.29 is 19.3 Å². The van der Waals surface area contributed by atoms with Crippen molar-refractivity contribution in [1.29, 1.82) is 0 Å². The van der Waals surface area contributed by atoms with Crippen molar-refractivity contribution in [2.75, 3.05) is 44.8 Å². The van der Waals surface area contributed by atoms with Crippen molar-refractivity contribution >= 4 is 16.5 Å². The molecule has 0 spiro atoms. The first kappa shape index (κ1) is 29.8. The largest absolute Gasteiger partial charge is 0.508 e. The van der Waals surface area contributed by atoms with E-state index < -0.39 is 0 Å². The molecule has 1 saturated heterocycles. The summed E-state index contributed by atoms with van der Waals surface area (Å²) >= 11 is 1.72. The minimum atomic E-state index is 0.126. The van der Waals surface area contributed by atoms with E-state index in [1.807, 2.05) is 55.7 Å². The lowest BCUT2D eigenvalue weighted by atomic mass is 10.1. The summed E-state index contributed by atoms with van der Waals surface area (Å²) in [5.41, 5.74) is 4.13. The fraction of sp³-hybridized carbons (Fsp3) is 0.394. The smallest absolute Gasteiger partial charge is 0.184 e. The first-order valence-corrected chi connectivity index (χ1v) is 15.5. The number of pyridine rings is 1. The molecule has 0 amide bonds. The minimum Gasteiger partial charge on any atom is -0.508 e. The number of thiazole rings is 1. The number of nitrogens with zero attached hydrogens (tertiary/aromatic N) is 3. The summed E-state index contributed by atoms with van der Waals surface area (Å²) in [4.78, 5) is 12.9. The van der Waals surface area contributed by atoms with Crippen LogP contribution in [0.3, 0.4) is 0 Å². The van der Waals surface area contributed by atoms with Gasteiger partial charge in [0.25, 0.3) is 0 Å². The summed E-state index contributed by atoms with van der Waals surface area (Å²) in [7, 11) is 0. The zero-order valence-corrected chi connectivity index (χ0v) is 25.2. The van der Waals surface area contributed by atoms with Gasteiger partial charge in [-0.3, -0.25) is 9.88 Å². The molecule has 4 aromatic rings. The molecule has 0 bridgehead atoms. The second-order valence-electron chi connectivity index (χ2n) is 10.6. The van der Waals surface area contributed by atoms with E-state index in [2.05, 4.69) is 34.3 Å². The zero-order chi connectivity index (χ0) is 29.1. The predicted octanol–water partition coefficient (Wildman–Crippen LogP) is 6.85. The van der Waals surface area contributed by atoms with E-state index in [9.17, 15) is 5.11 Å². The van der Waals surface area contributed by atoms with E-state index in [0.717, 1.165) is 79.8 Å². The normalized spacial score (nSPS) is 14.4. The lowest BCUT2D eigenvalue weighted by molar-refractivity contribution is 0.0347. The summed E-state index contributed by atoms with van der Waals surface area (Å²) < 4.78 is 17.3. The van der Waals surface area contributed by atoms with Crippen LogP contribution in [0.5, 0.6) is 17.2 Å². The average Bonchev–Trinajstić information content (AvgIpc) is 3.41. The Labute approximate surface area is 252 Å². The molecule has 0 aliphatic carbocycles. The summed E-state index contributed by atoms with van der Waals surface area (Å²) in [5, 5.41) is 14.3. The van der Waals surface area contributed by atoms with Gasteiger partial charge in [0.2, 0.25) is 0 Å². The average molecular weight is 589 g/mol. The molecule has 8 nitrogen and oxygen atoms in total. The summed E-state index contributed by atoms with van der Waals surface area (Å²) in [6.07, 6.45) is 6.53. The zero-order valence-electron chi connectivity index (χ0n) is 24.4. The number of hydrogen-bond donors (Lipinski definition) is 2. The van der Waals surface area contributed by atoms with Crippen molar-refractivity contribution in [2.45, 2.75) is 45.7 Å². The van der Waals surface area contributed by atoms with E-state index in [-0.39, 0.29) is 11.8 Å². The second-order valence-corrected chi connectivity index (χ2v) is 11.6. The van der Waals surface area contributed by atoms with Crippen LogP contribution in [0.25, 0.3) is 11.3 Å². The number of rotatable bonds is 14. The van der Waals surface area contributed by atoms with Crippen LogP contribution >= 0.6 is 11.3 Å². The highest BCUT2D eigenvalue weighted by atomic mass is 32.1. The molecular weight excluding hydrogens is 548 g/mol. The fourth-order valence-corrected chi connectivity index (χ4v) is 5.89. The molecule has 1 fully saturated rings. The Bertz CT molecular complexity index is 1390. The van der Waals surface area contributed by atoms with Gasteiger partial charge in [0.15, 0.2) is 5.13 Å². The molecule has 0 saturated carbocycles. The Morgan fingerprint density at radius 2 is 1.64 bits per heavy atom. The molecular formula is C33H40N4O4S. The summed E-state index contributed by atoms with van der Waals surface area (Å²) in [5.74, 6) is 1.83. The van der Waals surface area contributed by atoms with E-state index in [4.69, 9.17) is 19.2 Å². The van der Waals surface area contributed by atoms with E-state index in [1.54, 1.807) is 17.4 Å². The number of hydrogen-bond acceptors (Lipinski definition) is 9. The van der Waals surface area contributed by atoms with Crippen LogP contribution < -0.4 is 14.8 Å². The number of phenols is 1. The van der Waals surface area contributed by atoms with Crippen molar-refractivity contribution in [2.24, 2.45) is 0 Å². The maximum Gasteiger partial charge on any atom is 0.184 e. The molecule has 1 aliphatic heterocycles. The fourth-order valence-electron chi connectivity index (χ4n) is 4.78. The number of aromatic hydroxyl groups is 1. The number of ether oxygens (including phenoxy) is 3. The number of anilines is 1. The van der Waals surface area contributed by atoms with Gasteiger partial charge in [-0.1, -0.05) is 6.07 Å². The van der Waals surface area contributed by atoms with E-state index in [0.29, 0.717) is 19.0 Å². The van der Waals surface area contributed by atoms with Crippen LogP contribution in [0.1, 0.15) is 48.2 Å². The highest BCUT2D eigenvalue weighted by molar-refractivity contribution is 7.16. The predicted molar refractivity (Wildman–Crippen MR) is 168 cm³/mol. The van der Waals surface area contributed by atoms with Crippen LogP contribution in [0, 0.1) is 6.92 Å². The number of phenolic OH excluding ortho intramolecular Hbond substituents is 1. The van der Waals surface area contributed by atoms with Gasteiger partial charge in [-0.05, 0) is 86.7 Å². The number of aryl methyl sites for hydroxylation is 1. The minimum absolute atomic E-state index is 0.126. The molecule has 5 rings (SSSR count). The first-order valence-electron chi connectivity index (χ1n) is 14.7. The van der Waals surface area contributed by atoms with Gasteiger partial charge in [0.05, 0.1) is 38.2 Å². The molecule has 222 valence electrons. The highest BCUT2D eigenvalue weighted by Crippen LogP contribution is 2.35. The Kier molecular flexibility index (Phi) is 10.6. The van der Waals surface area contributed by atoms with Gasteiger partial charge in [0, 0.05) is 48.5 Å². The Morgan fingerprint density at radius 1 is 0.952 bits per heavy atom. The van der Waals surface area contributed by atoms with Gasteiger partial charge in [-0.2, -0.15) is 0 Å². The molecule has 1 aliphatic rings. The topological polar surface area (TPSA) is 89.0 Å². The highest BCUT2D eigenvalue weighted by Gasteiger charge is 2.19. The maximum atomic E-state index is 9.80. The van der Waals surface area contributed by atoms with Gasteiger partial charge >= 0.3 is 0 Å². The van der Waals surface area contributed by atoms with Gasteiger partial charge in [0.1, 0.15) is 17.2 Å². The Morgan fingerprint density at radius 3 is 2.36 bits per heavy atom. The summed E-state index contributed by atoms with van der Waals surface area (Å²) in [6.45, 7) is 9.56. The van der Waals surface area contributed by atoms with Crippen LogP contribution in [0.4, 0.5) is 5.13 Å². The van der Waals surface area contributed by atoms with Crippen LogP contribution in [-0.4, -0.2) is 59.5 Å². The Balaban J connectivity index is 1.14. The Hall–Kier alpha value is -3.66. The molecule has 42 heavy (non-hydrogen) atoms. The lowest BCUT2D eigenvalue weighted by Crippen LogP contribution is -2.35. The molecule has 0 radical (unpaired) electrons. The molecule has 9 heteroatoms. The molecule has 1 atom stereocenters. The van der Waals surface area contributed by atoms with Crippen molar-refractivity contribution in [3.05, 3.63) is 83.0 Å². The van der Waals surface area contributed by atoms with Crippen molar-refractivity contribution in [3.63, 3.8) is 0 Å². The third-order valence-corrected chi connectivity index (χ3v) is 8.32. The molecule has 2 aromatic heterocycles. The van der Waals surface area contributed by atoms with Gasteiger partial charge in [-0.25, -0.2) is 4.98 Å². The molecule has 2 aromatic carbocycles. The third kappa shape index (κ3) is 8.44. The van der Waals surface area contributed by atoms with Crippen LogP contribution in [-0.2, 0) is 11.3 Å². The standard InChI is InChI=1S/C33H40N4O4S/c1-24-6-9-29(22-30(24)38)41-19-5-3-4-18-40-28-10-7-27(8-11-28)32-31(23-37-16-20-39-21-17-37)42-33(36-32)35-25(2)26-12-14-34-15-13-26/h6-15,22,25,38H,3-5,16-21,23H2,1-2H3,(H,35,36). The lowest BCUT2D eigenvalue weighted by Gasteiger charge is -2.26. The second kappa shape index (κ2) is 15.0. The molecule has 1 unspecified atom stereocenters. The number of morpholine rings is 1. The number of unbranched alkanes of at least 4 members (excludes halogenated alkanes) is 2. The van der Waals surface area contributed by atoms with Crippen molar-refractivity contribution in [1.82, 2.24) is 14.9 Å². The number of nitrogens with one attached hydrogen (secondary N) is 1. The molecule has 3 heterocycles. The quantitative estimate of drug-likeness (QED) is 0.155. The van der Waals surface area contributed by atoms with E-state index >= 15 is 0 Å². The summed E-state index contributed by atoms with van der Waals surface area (Å²) in [6, 6.07) is 17.9.